The summed E-state index contributed by atoms with van der Waals surface area (Å²) in [6, 6.07) is 9.97. The van der Waals surface area contributed by atoms with Gasteiger partial charge in [0.1, 0.15) is 10.0 Å². The SMILES string of the molecule is CC(C)Cc1cc(-c2ccc(Cn3ccnc3C3(C)COC3)cc2)c(S(N)(=O)=O)s1. The predicted molar refractivity (Wildman–Crippen MR) is 119 cm³/mol. The molecule has 4 rings (SSSR count). The molecule has 0 saturated carbocycles. The van der Waals surface area contributed by atoms with Crippen LogP contribution in [0, 0.1) is 5.92 Å². The number of ether oxygens (including phenoxy) is 1. The molecule has 30 heavy (non-hydrogen) atoms. The van der Waals surface area contributed by atoms with Crippen LogP contribution in [0.1, 0.15) is 37.0 Å². The van der Waals surface area contributed by atoms with Crippen molar-refractivity contribution < 1.29 is 13.2 Å². The van der Waals surface area contributed by atoms with Gasteiger partial charge in [-0.3, -0.25) is 0 Å². The Kier molecular flexibility index (Phi) is 5.61. The summed E-state index contributed by atoms with van der Waals surface area (Å²) >= 11 is 1.27. The zero-order valence-electron chi connectivity index (χ0n) is 17.5. The molecule has 8 heteroatoms. The molecule has 0 amide bonds. The summed E-state index contributed by atoms with van der Waals surface area (Å²) in [6.07, 6.45) is 4.65. The Morgan fingerprint density at radius 1 is 1.27 bits per heavy atom. The van der Waals surface area contributed by atoms with Gasteiger partial charge in [0.25, 0.3) is 0 Å². The summed E-state index contributed by atoms with van der Waals surface area (Å²) in [4.78, 5) is 5.57. The quantitative estimate of drug-likeness (QED) is 0.599. The number of sulfonamides is 1. The number of imidazole rings is 1. The monoisotopic (exact) mass is 445 g/mol. The third kappa shape index (κ3) is 4.23. The fourth-order valence-electron chi connectivity index (χ4n) is 3.82. The van der Waals surface area contributed by atoms with Crippen LogP contribution in [0.2, 0.25) is 0 Å². The number of nitrogens with zero attached hydrogens (tertiary/aromatic N) is 2. The first-order valence-electron chi connectivity index (χ1n) is 10.00. The highest BCUT2D eigenvalue weighted by atomic mass is 32.2. The van der Waals surface area contributed by atoms with Crippen LogP contribution in [0.25, 0.3) is 11.1 Å². The van der Waals surface area contributed by atoms with Crippen LogP contribution in [0.15, 0.2) is 46.9 Å². The van der Waals surface area contributed by atoms with Crippen LogP contribution in [0.4, 0.5) is 0 Å². The number of aromatic nitrogens is 2. The highest BCUT2D eigenvalue weighted by Crippen LogP contribution is 2.36. The topological polar surface area (TPSA) is 87.2 Å². The van der Waals surface area contributed by atoms with Crippen LogP contribution in [0.3, 0.4) is 0 Å². The summed E-state index contributed by atoms with van der Waals surface area (Å²) < 4.78 is 32.0. The van der Waals surface area contributed by atoms with Gasteiger partial charge in [-0.05, 0) is 36.5 Å². The molecule has 0 radical (unpaired) electrons. The third-order valence-electron chi connectivity index (χ3n) is 5.33. The largest absolute Gasteiger partial charge is 0.379 e. The lowest BCUT2D eigenvalue weighted by Crippen LogP contribution is -2.46. The van der Waals surface area contributed by atoms with Crippen molar-refractivity contribution in [1.29, 1.82) is 0 Å². The van der Waals surface area contributed by atoms with E-state index in [1.165, 1.54) is 11.3 Å². The average Bonchev–Trinajstić information content (AvgIpc) is 3.27. The predicted octanol–water partition coefficient (Wildman–Crippen LogP) is 3.79. The van der Waals surface area contributed by atoms with E-state index in [9.17, 15) is 8.42 Å². The van der Waals surface area contributed by atoms with E-state index in [0.717, 1.165) is 28.2 Å². The number of primary sulfonamides is 1. The molecule has 3 heterocycles. The number of benzene rings is 1. The van der Waals surface area contributed by atoms with E-state index in [1.807, 2.05) is 42.7 Å². The fraction of sp³-hybridized carbons (Fsp3) is 0.409. The van der Waals surface area contributed by atoms with Gasteiger partial charge in [0.15, 0.2) is 0 Å². The molecule has 2 N–H and O–H groups in total. The molecule has 1 aliphatic rings. The van der Waals surface area contributed by atoms with Crippen LogP contribution in [-0.4, -0.2) is 31.2 Å². The van der Waals surface area contributed by atoms with Gasteiger partial charge < -0.3 is 9.30 Å². The molecule has 0 aliphatic carbocycles. The number of hydrogen-bond acceptors (Lipinski definition) is 5. The Hall–Kier alpha value is -2.00. The van der Waals surface area contributed by atoms with E-state index in [2.05, 4.69) is 30.3 Å². The maximum atomic E-state index is 12.1. The molecule has 1 saturated heterocycles. The first-order valence-corrected chi connectivity index (χ1v) is 12.4. The van der Waals surface area contributed by atoms with Crippen molar-refractivity contribution in [2.45, 2.75) is 43.4 Å². The molecule has 1 fully saturated rings. The molecule has 1 aromatic carbocycles. The molecule has 0 bridgehead atoms. The summed E-state index contributed by atoms with van der Waals surface area (Å²) in [6.45, 7) is 8.48. The maximum Gasteiger partial charge on any atom is 0.248 e. The Balaban J connectivity index is 1.60. The Morgan fingerprint density at radius 3 is 2.53 bits per heavy atom. The van der Waals surface area contributed by atoms with E-state index in [4.69, 9.17) is 9.88 Å². The van der Waals surface area contributed by atoms with Gasteiger partial charge in [-0.25, -0.2) is 18.5 Å². The highest BCUT2D eigenvalue weighted by molar-refractivity contribution is 7.91. The molecule has 1 aliphatic heterocycles. The fourth-order valence-corrected chi connectivity index (χ4v) is 6.21. The minimum absolute atomic E-state index is 0.0304. The average molecular weight is 446 g/mol. The Morgan fingerprint density at radius 2 is 1.97 bits per heavy atom. The maximum absolute atomic E-state index is 12.1. The van der Waals surface area contributed by atoms with Crippen LogP contribution in [0.5, 0.6) is 0 Å². The first kappa shape index (κ1) is 21.2. The number of nitrogens with two attached hydrogens (primary N) is 1. The van der Waals surface area contributed by atoms with Crippen LogP contribution >= 0.6 is 11.3 Å². The molecule has 160 valence electrons. The van der Waals surface area contributed by atoms with E-state index >= 15 is 0 Å². The van der Waals surface area contributed by atoms with Gasteiger partial charge >= 0.3 is 0 Å². The van der Waals surface area contributed by atoms with Crippen molar-refractivity contribution in [2.75, 3.05) is 13.2 Å². The minimum Gasteiger partial charge on any atom is -0.379 e. The summed E-state index contributed by atoms with van der Waals surface area (Å²) in [5.74, 6) is 1.48. The van der Waals surface area contributed by atoms with Gasteiger partial charge in [0, 0.05) is 29.4 Å². The molecule has 2 aromatic heterocycles. The van der Waals surface area contributed by atoms with Crippen molar-refractivity contribution >= 4 is 21.4 Å². The highest BCUT2D eigenvalue weighted by Gasteiger charge is 2.39. The van der Waals surface area contributed by atoms with Crippen molar-refractivity contribution in [3.8, 4) is 11.1 Å². The summed E-state index contributed by atoms with van der Waals surface area (Å²) in [7, 11) is -3.77. The second-order valence-corrected chi connectivity index (χ2v) is 11.6. The molecular formula is C22H27N3O3S2. The second-order valence-electron chi connectivity index (χ2n) is 8.69. The first-order chi connectivity index (χ1) is 14.2. The van der Waals surface area contributed by atoms with E-state index < -0.39 is 10.0 Å². The van der Waals surface area contributed by atoms with Gasteiger partial charge in [-0.2, -0.15) is 0 Å². The normalized spacial score (nSPS) is 16.0. The molecule has 0 unspecified atom stereocenters. The Labute approximate surface area is 181 Å². The number of hydrogen-bond donors (Lipinski definition) is 1. The molecule has 0 atom stereocenters. The zero-order chi connectivity index (χ0) is 21.5. The molecule has 0 spiro atoms. The lowest BCUT2D eigenvalue weighted by molar-refractivity contribution is -0.0557. The minimum atomic E-state index is -3.77. The third-order valence-corrected chi connectivity index (χ3v) is 7.97. The van der Waals surface area contributed by atoms with E-state index in [0.29, 0.717) is 31.2 Å². The lowest BCUT2D eigenvalue weighted by atomic mass is 9.87. The van der Waals surface area contributed by atoms with Gasteiger partial charge in [0.2, 0.25) is 10.0 Å². The van der Waals surface area contributed by atoms with Crippen LogP contribution < -0.4 is 5.14 Å². The van der Waals surface area contributed by atoms with Gasteiger partial charge in [-0.15, -0.1) is 11.3 Å². The Bertz CT molecular complexity index is 1140. The van der Waals surface area contributed by atoms with Crippen LogP contribution in [-0.2, 0) is 33.1 Å². The standard InChI is InChI=1S/C22H27N3O3S2/c1-15(2)10-18-11-19(20(29-18)30(23,26)27)17-6-4-16(5-7-17)12-25-9-8-24-21(25)22(3)13-28-14-22/h4-9,11,15H,10,12-14H2,1-3H3,(H2,23,26,27). The van der Waals surface area contributed by atoms with Crippen molar-refractivity contribution in [1.82, 2.24) is 9.55 Å². The number of thiophene rings is 1. The number of rotatable bonds is 7. The van der Waals surface area contributed by atoms with Crippen molar-refractivity contribution in [2.24, 2.45) is 11.1 Å². The molecular weight excluding hydrogens is 418 g/mol. The zero-order valence-corrected chi connectivity index (χ0v) is 19.1. The lowest BCUT2D eigenvalue weighted by Gasteiger charge is -2.37. The van der Waals surface area contributed by atoms with E-state index in [1.54, 1.807) is 0 Å². The summed E-state index contributed by atoms with van der Waals surface area (Å²) in [5, 5.41) is 5.50. The second kappa shape index (κ2) is 7.92. The molecule has 6 nitrogen and oxygen atoms in total. The van der Waals surface area contributed by atoms with Gasteiger partial charge in [0.05, 0.1) is 18.6 Å². The van der Waals surface area contributed by atoms with Gasteiger partial charge in [-0.1, -0.05) is 38.1 Å². The van der Waals surface area contributed by atoms with Crippen molar-refractivity contribution in [3.05, 3.63) is 59.0 Å². The van der Waals surface area contributed by atoms with Crippen molar-refractivity contribution in [3.63, 3.8) is 0 Å². The molecule has 3 aromatic rings. The smallest absolute Gasteiger partial charge is 0.248 e. The summed E-state index contributed by atoms with van der Waals surface area (Å²) in [5.41, 5.74) is 2.64. The van der Waals surface area contributed by atoms with E-state index in [-0.39, 0.29) is 9.62 Å².